The summed E-state index contributed by atoms with van der Waals surface area (Å²) in [6, 6.07) is 2.34. The van der Waals surface area contributed by atoms with Crippen LogP contribution in [0.15, 0.2) is 23.4 Å². The first-order valence-corrected chi connectivity index (χ1v) is 6.77. The van der Waals surface area contributed by atoms with Crippen LogP contribution in [0.3, 0.4) is 0 Å². The average Bonchev–Trinajstić information content (AvgIpc) is 3.10. The molecule has 94 valence electrons. The van der Waals surface area contributed by atoms with Gasteiger partial charge in [0.1, 0.15) is 0 Å². The molecule has 0 radical (unpaired) electrons. The molecule has 0 saturated heterocycles. The molecule has 1 aromatic heterocycles. The second-order valence-electron chi connectivity index (χ2n) is 4.05. The van der Waals surface area contributed by atoms with Gasteiger partial charge in [-0.05, 0) is 30.9 Å². The minimum absolute atomic E-state index is 0.108. The highest BCUT2D eigenvalue weighted by Crippen LogP contribution is 2.32. The maximum Gasteiger partial charge on any atom is 0.261 e. The summed E-state index contributed by atoms with van der Waals surface area (Å²) in [6.45, 7) is -0.108. The zero-order valence-electron chi connectivity index (χ0n) is 9.01. The fourth-order valence-electron chi connectivity index (χ4n) is 1.48. The molecule has 1 heterocycles. The maximum absolute atomic E-state index is 13.2. The summed E-state index contributed by atoms with van der Waals surface area (Å²) in [5.74, 6) is -0.743. The van der Waals surface area contributed by atoms with Gasteiger partial charge in [-0.2, -0.15) is 0 Å². The number of pyridine rings is 1. The predicted molar refractivity (Wildman–Crippen MR) is 58.1 cm³/mol. The van der Waals surface area contributed by atoms with Crippen LogP contribution in [0.1, 0.15) is 12.8 Å². The average molecular weight is 260 g/mol. The Labute approximate surface area is 98.7 Å². The van der Waals surface area contributed by atoms with E-state index in [1.807, 2.05) is 0 Å². The minimum atomic E-state index is -3.99. The number of halogens is 1. The van der Waals surface area contributed by atoms with Crippen LogP contribution in [-0.4, -0.2) is 31.2 Å². The van der Waals surface area contributed by atoms with E-state index in [0.29, 0.717) is 0 Å². The van der Waals surface area contributed by atoms with Crippen LogP contribution in [-0.2, 0) is 10.0 Å². The summed E-state index contributed by atoms with van der Waals surface area (Å²) >= 11 is 0. The molecule has 1 saturated carbocycles. The molecule has 1 aromatic rings. The summed E-state index contributed by atoms with van der Waals surface area (Å²) in [4.78, 5) is 3.48. The van der Waals surface area contributed by atoms with Gasteiger partial charge in [0.05, 0.1) is 6.10 Å². The van der Waals surface area contributed by atoms with Gasteiger partial charge in [-0.25, -0.2) is 22.5 Å². The van der Waals surface area contributed by atoms with Crippen molar-refractivity contribution in [3.05, 3.63) is 24.1 Å². The van der Waals surface area contributed by atoms with Crippen molar-refractivity contribution in [2.24, 2.45) is 5.92 Å². The molecule has 0 bridgehead atoms. The van der Waals surface area contributed by atoms with Crippen LogP contribution >= 0.6 is 0 Å². The van der Waals surface area contributed by atoms with Gasteiger partial charge in [0.15, 0.2) is 5.82 Å². The van der Waals surface area contributed by atoms with E-state index in [0.717, 1.165) is 18.9 Å². The molecule has 0 aromatic carbocycles. The summed E-state index contributed by atoms with van der Waals surface area (Å²) in [5, 5.41) is 8.89. The number of aromatic nitrogens is 1. The SMILES string of the molecule is O=S(=O)(NCC(O)C1CC1)c1ncccc1F. The van der Waals surface area contributed by atoms with Gasteiger partial charge in [0.2, 0.25) is 5.03 Å². The van der Waals surface area contributed by atoms with Gasteiger partial charge in [-0.1, -0.05) is 0 Å². The number of hydrogen-bond acceptors (Lipinski definition) is 4. The molecule has 5 nitrogen and oxygen atoms in total. The smallest absolute Gasteiger partial charge is 0.261 e. The predicted octanol–water partition coefficient (Wildman–Crippen LogP) is 0.270. The molecule has 2 rings (SSSR count). The van der Waals surface area contributed by atoms with Crippen LogP contribution in [0.5, 0.6) is 0 Å². The Morgan fingerprint density at radius 3 is 2.88 bits per heavy atom. The van der Waals surface area contributed by atoms with E-state index in [1.54, 1.807) is 0 Å². The lowest BCUT2D eigenvalue weighted by molar-refractivity contribution is 0.155. The standard InChI is InChI=1S/C10H13FN2O3S/c11-8-2-1-5-12-10(8)17(15,16)13-6-9(14)7-3-4-7/h1-2,5,7,9,13-14H,3-4,6H2. The van der Waals surface area contributed by atoms with Crippen LogP contribution in [0, 0.1) is 11.7 Å². The van der Waals surface area contributed by atoms with Crippen molar-refractivity contribution in [3.8, 4) is 0 Å². The third kappa shape index (κ3) is 2.99. The summed E-state index contributed by atoms with van der Waals surface area (Å²) < 4.78 is 38.7. The fraction of sp³-hybridized carbons (Fsp3) is 0.500. The van der Waals surface area contributed by atoms with Gasteiger partial charge in [0, 0.05) is 12.7 Å². The normalized spacial score (nSPS) is 18.0. The van der Waals surface area contributed by atoms with Crippen LogP contribution in [0.25, 0.3) is 0 Å². The Bertz CT molecular complexity index is 502. The lowest BCUT2D eigenvalue weighted by atomic mass is 10.2. The number of sulfonamides is 1. The van der Waals surface area contributed by atoms with Crippen molar-refractivity contribution in [1.29, 1.82) is 0 Å². The Kier molecular flexibility index (Phi) is 3.41. The van der Waals surface area contributed by atoms with Crippen LogP contribution < -0.4 is 4.72 Å². The van der Waals surface area contributed by atoms with Gasteiger partial charge in [-0.3, -0.25) is 0 Å². The van der Waals surface area contributed by atoms with Crippen molar-refractivity contribution >= 4 is 10.0 Å². The first kappa shape index (κ1) is 12.4. The van der Waals surface area contributed by atoms with E-state index in [-0.39, 0.29) is 12.5 Å². The van der Waals surface area contributed by atoms with E-state index in [2.05, 4.69) is 9.71 Å². The number of aliphatic hydroxyl groups is 1. The van der Waals surface area contributed by atoms with Crippen molar-refractivity contribution in [2.45, 2.75) is 24.0 Å². The third-order valence-electron chi connectivity index (χ3n) is 2.63. The highest BCUT2D eigenvalue weighted by molar-refractivity contribution is 7.89. The van der Waals surface area contributed by atoms with Crippen LogP contribution in [0.4, 0.5) is 4.39 Å². The van der Waals surface area contributed by atoms with Crippen molar-refractivity contribution < 1.29 is 17.9 Å². The van der Waals surface area contributed by atoms with Crippen molar-refractivity contribution in [1.82, 2.24) is 9.71 Å². The molecule has 0 amide bonds. The van der Waals surface area contributed by atoms with E-state index in [1.165, 1.54) is 12.3 Å². The first-order valence-electron chi connectivity index (χ1n) is 5.29. The summed E-state index contributed by atoms with van der Waals surface area (Å²) in [6.07, 6.45) is 2.30. The molecule has 2 N–H and O–H groups in total. The van der Waals surface area contributed by atoms with Gasteiger partial charge in [-0.15, -0.1) is 0 Å². The number of nitrogens with zero attached hydrogens (tertiary/aromatic N) is 1. The second-order valence-corrected chi connectivity index (χ2v) is 5.73. The number of aliphatic hydroxyl groups excluding tert-OH is 1. The summed E-state index contributed by atoms with van der Waals surface area (Å²) in [5.41, 5.74) is 0. The molecule has 1 aliphatic rings. The molecule has 1 atom stereocenters. The molecule has 1 fully saturated rings. The zero-order valence-corrected chi connectivity index (χ0v) is 9.82. The molecule has 0 aliphatic heterocycles. The third-order valence-corrected chi connectivity index (χ3v) is 3.98. The Morgan fingerprint density at radius 1 is 1.59 bits per heavy atom. The first-order chi connectivity index (χ1) is 8.00. The van der Waals surface area contributed by atoms with E-state index < -0.39 is 27.0 Å². The van der Waals surface area contributed by atoms with Crippen LogP contribution in [0.2, 0.25) is 0 Å². The number of nitrogens with one attached hydrogen (secondary N) is 1. The van der Waals surface area contributed by atoms with Gasteiger partial charge >= 0.3 is 0 Å². The van der Waals surface area contributed by atoms with E-state index in [9.17, 15) is 17.9 Å². The Balaban J connectivity index is 2.05. The largest absolute Gasteiger partial charge is 0.391 e. The lowest BCUT2D eigenvalue weighted by Crippen LogP contribution is -2.34. The highest BCUT2D eigenvalue weighted by Gasteiger charge is 2.31. The van der Waals surface area contributed by atoms with Gasteiger partial charge < -0.3 is 5.11 Å². The zero-order chi connectivity index (χ0) is 12.5. The Hall–Kier alpha value is -1.05. The number of rotatable bonds is 5. The number of hydrogen-bond donors (Lipinski definition) is 2. The quantitative estimate of drug-likeness (QED) is 0.796. The molecular weight excluding hydrogens is 247 g/mol. The van der Waals surface area contributed by atoms with E-state index in [4.69, 9.17) is 0 Å². The lowest BCUT2D eigenvalue weighted by Gasteiger charge is -2.10. The molecule has 17 heavy (non-hydrogen) atoms. The summed E-state index contributed by atoms with van der Waals surface area (Å²) in [7, 11) is -3.99. The van der Waals surface area contributed by atoms with Gasteiger partial charge in [0.25, 0.3) is 10.0 Å². The molecule has 7 heteroatoms. The highest BCUT2D eigenvalue weighted by atomic mass is 32.2. The Morgan fingerprint density at radius 2 is 2.29 bits per heavy atom. The van der Waals surface area contributed by atoms with Crippen molar-refractivity contribution in [3.63, 3.8) is 0 Å². The topological polar surface area (TPSA) is 79.3 Å². The maximum atomic E-state index is 13.2. The molecular formula is C10H13FN2O3S. The second kappa shape index (κ2) is 4.67. The molecule has 1 aliphatic carbocycles. The molecule has 0 spiro atoms. The van der Waals surface area contributed by atoms with E-state index >= 15 is 0 Å². The molecule has 1 unspecified atom stereocenters. The fourth-order valence-corrected chi connectivity index (χ4v) is 2.53. The minimum Gasteiger partial charge on any atom is -0.391 e. The van der Waals surface area contributed by atoms with Crippen molar-refractivity contribution in [2.75, 3.05) is 6.54 Å². The monoisotopic (exact) mass is 260 g/mol.